The predicted molar refractivity (Wildman–Crippen MR) is 89.7 cm³/mol. The van der Waals surface area contributed by atoms with Crippen molar-refractivity contribution in [2.45, 2.75) is 12.6 Å². The first-order chi connectivity index (χ1) is 10.4. The number of nitrogens with zero attached hydrogens (tertiary/aromatic N) is 3. The first kappa shape index (κ1) is 15.7. The molecule has 22 heavy (non-hydrogen) atoms. The second-order valence-electron chi connectivity index (χ2n) is 5.48. The molecule has 0 amide bonds. The molecule has 7 heteroatoms. The maximum absolute atomic E-state index is 12.7. The van der Waals surface area contributed by atoms with E-state index < -0.39 is 10.2 Å². The largest absolute Gasteiger partial charge is 0.348 e. The van der Waals surface area contributed by atoms with Crippen molar-refractivity contribution in [3.63, 3.8) is 0 Å². The molecule has 0 fully saturated rings. The van der Waals surface area contributed by atoms with Gasteiger partial charge in [0, 0.05) is 43.5 Å². The van der Waals surface area contributed by atoms with Crippen molar-refractivity contribution in [3.8, 4) is 0 Å². The van der Waals surface area contributed by atoms with E-state index in [1.807, 2.05) is 42.6 Å². The SMILES string of the molecule is CN(C)S(=O)(=O)N1CCn2cccc2C1c1ccc(Br)cc1. The fraction of sp³-hybridized carbons (Fsp3) is 0.333. The molecule has 1 aromatic carbocycles. The fourth-order valence-corrected chi connectivity index (χ4v) is 4.29. The average Bonchev–Trinajstić information content (AvgIpc) is 2.95. The van der Waals surface area contributed by atoms with Gasteiger partial charge >= 0.3 is 0 Å². The van der Waals surface area contributed by atoms with Crippen molar-refractivity contribution in [3.05, 3.63) is 58.3 Å². The number of hydrogen-bond donors (Lipinski definition) is 0. The second kappa shape index (κ2) is 5.81. The van der Waals surface area contributed by atoms with Crippen LogP contribution in [0.3, 0.4) is 0 Å². The lowest BCUT2D eigenvalue weighted by Gasteiger charge is -2.37. The lowest BCUT2D eigenvalue weighted by molar-refractivity contribution is 0.281. The highest BCUT2D eigenvalue weighted by Gasteiger charge is 2.37. The molecule has 1 aliphatic heterocycles. The molecule has 1 aromatic heterocycles. The van der Waals surface area contributed by atoms with Crippen molar-refractivity contribution in [1.82, 2.24) is 13.2 Å². The van der Waals surface area contributed by atoms with Gasteiger partial charge in [-0.1, -0.05) is 28.1 Å². The molecule has 118 valence electrons. The van der Waals surface area contributed by atoms with Crippen LogP contribution < -0.4 is 0 Å². The number of hydrogen-bond acceptors (Lipinski definition) is 2. The summed E-state index contributed by atoms with van der Waals surface area (Å²) in [4.78, 5) is 0. The first-order valence-corrected chi connectivity index (χ1v) is 9.20. The predicted octanol–water partition coefficient (Wildman–Crippen LogP) is 2.46. The minimum absolute atomic E-state index is 0.302. The molecule has 2 heterocycles. The van der Waals surface area contributed by atoms with Crippen LogP contribution in [0, 0.1) is 0 Å². The summed E-state index contributed by atoms with van der Waals surface area (Å²) in [5.41, 5.74) is 1.97. The third-order valence-corrected chi connectivity index (χ3v) is 6.38. The molecule has 0 spiro atoms. The minimum atomic E-state index is -3.49. The minimum Gasteiger partial charge on any atom is -0.348 e. The number of rotatable bonds is 3. The van der Waals surface area contributed by atoms with Gasteiger partial charge in [-0.3, -0.25) is 0 Å². The van der Waals surface area contributed by atoms with Crippen LogP contribution >= 0.6 is 15.9 Å². The fourth-order valence-electron chi connectivity index (χ4n) is 2.80. The molecular weight excluding hydrogens is 366 g/mol. The summed E-state index contributed by atoms with van der Waals surface area (Å²) in [7, 11) is -0.344. The van der Waals surface area contributed by atoms with Crippen molar-refractivity contribution in [1.29, 1.82) is 0 Å². The van der Waals surface area contributed by atoms with Crippen molar-refractivity contribution in [2.75, 3.05) is 20.6 Å². The Morgan fingerprint density at radius 3 is 2.45 bits per heavy atom. The van der Waals surface area contributed by atoms with E-state index in [2.05, 4.69) is 20.5 Å². The van der Waals surface area contributed by atoms with E-state index in [1.165, 1.54) is 4.31 Å². The van der Waals surface area contributed by atoms with E-state index in [0.717, 1.165) is 15.7 Å². The van der Waals surface area contributed by atoms with Gasteiger partial charge in [-0.2, -0.15) is 17.0 Å². The molecule has 2 aromatic rings. The number of aromatic nitrogens is 1. The molecule has 3 rings (SSSR count). The van der Waals surface area contributed by atoms with E-state index >= 15 is 0 Å². The highest BCUT2D eigenvalue weighted by atomic mass is 79.9. The van der Waals surface area contributed by atoms with Crippen molar-refractivity contribution < 1.29 is 8.42 Å². The maximum atomic E-state index is 12.7. The molecule has 0 aliphatic carbocycles. The van der Waals surface area contributed by atoms with Crippen molar-refractivity contribution in [2.24, 2.45) is 0 Å². The molecule has 5 nitrogen and oxygen atoms in total. The average molecular weight is 384 g/mol. The third-order valence-electron chi connectivity index (χ3n) is 3.94. The van der Waals surface area contributed by atoms with Crippen LogP contribution in [0.4, 0.5) is 0 Å². The normalized spacial score (nSPS) is 19.4. The summed E-state index contributed by atoms with van der Waals surface area (Å²) in [6.45, 7) is 1.13. The standard InChI is InChI=1S/C15H18BrN3O2S/c1-17(2)22(20,21)19-11-10-18-9-3-4-14(18)15(19)12-5-7-13(16)8-6-12/h3-9,15H,10-11H2,1-2H3. The summed E-state index contributed by atoms with van der Waals surface area (Å²) >= 11 is 3.43. The van der Waals surface area contributed by atoms with Gasteiger partial charge in [-0.15, -0.1) is 0 Å². The zero-order valence-electron chi connectivity index (χ0n) is 12.5. The van der Waals surface area contributed by atoms with Gasteiger partial charge in [-0.25, -0.2) is 0 Å². The van der Waals surface area contributed by atoms with Crippen LogP contribution in [0.15, 0.2) is 47.1 Å². The van der Waals surface area contributed by atoms with Crippen LogP contribution in [-0.4, -0.2) is 42.2 Å². The van der Waals surface area contributed by atoms with Gasteiger partial charge < -0.3 is 4.57 Å². The lowest BCUT2D eigenvalue weighted by atomic mass is 10.0. The number of halogens is 1. The molecule has 0 saturated heterocycles. The van der Waals surface area contributed by atoms with Gasteiger partial charge in [0.2, 0.25) is 0 Å². The molecule has 0 radical (unpaired) electrons. The Labute approximate surface area is 139 Å². The Bertz CT molecular complexity index is 768. The van der Waals surface area contributed by atoms with E-state index in [9.17, 15) is 8.42 Å². The number of benzene rings is 1. The zero-order chi connectivity index (χ0) is 15.9. The summed E-state index contributed by atoms with van der Waals surface area (Å²) < 4.78 is 31.3. The topological polar surface area (TPSA) is 45.6 Å². The van der Waals surface area contributed by atoms with E-state index in [0.29, 0.717) is 13.1 Å². The lowest BCUT2D eigenvalue weighted by Crippen LogP contribution is -2.47. The smallest absolute Gasteiger partial charge is 0.282 e. The number of fused-ring (bicyclic) bond motifs is 1. The molecule has 0 N–H and O–H groups in total. The Morgan fingerprint density at radius 2 is 1.82 bits per heavy atom. The third kappa shape index (κ3) is 2.62. The van der Waals surface area contributed by atoms with Crippen LogP contribution in [-0.2, 0) is 16.8 Å². The van der Waals surface area contributed by atoms with Crippen molar-refractivity contribution >= 4 is 26.1 Å². The molecule has 0 bridgehead atoms. The van der Waals surface area contributed by atoms with Crippen LogP contribution in [0.5, 0.6) is 0 Å². The maximum Gasteiger partial charge on any atom is 0.282 e. The van der Waals surface area contributed by atoms with Gasteiger partial charge in [0.15, 0.2) is 0 Å². The quantitative estimate of drug-likeness (QED) is 0.816. The summed E-state index contributed by atoms with van der Waals surface area (Å²) in [6, 6.07) is 11.5. The van der Waals surface area contributed by atoms with Crippen LogP contribution in [0.1, 0.15) is 17.3 Å². The Morgan fingerprint density at radius 1 is 1.14 bits per heavy atom. The Kier molecular flexibility index (Phi) is 4.15. The monoisotopic (exact) mass is 383 g/mol. The second-order valence-corrected chi connectivity index (χ2v) is 8.49. The van der Waals surface area contributed by atoms with E-state index in [4.69, 9.17) is 0 Å². The molecular formula is C15H18BrN3O2S. The molecule has 1 atom stereocenters. The zero-order valence-corrected chi connectivity index (χ0v) is 14.9. The highest BCUT2D eigenvalue weighted by Crippen LogP contribution is 2.35. The van der Waals surface area contributed by atoms with Crippen LogP contribution in [0.25, 0.3) is 0 Å². The summed E-state index contributed by atoms with van der Waals surface area (Å²) in [5.74, 6) is 0. The molecule has 0 saturated carbocycles. The summed E-state index contributed by atoms with van der Waals surface area (Å²) in [6.07, 6.45) is 2.00. The molecule has 1 aliphatic rings. The van der Waals surface area contributed by atoms with Gasteiger partial charge in [-0.05, 0) is 29.8 Å². The Balaban J connectivity index is 2.13. The van der Waals surface area contributed by atoms with Crippen LogP contribution in [0.2, 0.25) is 0 Å². The highest BCUT2D eigenvalue weighted by molar-refractivity contribution is 9.10. The van der Waals surface area contributed by atoms with E-state index in [-0.39, 0.29) is 6.04 Å². The van der Waals surface area contributed by atoms with Gasteiger partial charge in [0.05, 0.1) is 6.04 Å². The summed E-state index contributed by atoms with van der Waals surface area (Å²) in [5, 5.41) is 0. The Hall–Kier alpha value is -1.15. The van der Waals surface area contributed by atoms with Gasteiger partial charge in [0.1, 0.15) is 0 Å². The molecule has 1 unspecified atom stereocenters. The van der Waals surface area contributed by atoms with Gasteiger partial charge in [0.25, 0.3) is 10.2 Å². The van der Waals surface area contributed by atoms with E-state index in [1.54, 1.807) is 18.4 Å². The first-order valence-electron chi connectivity index (χ1n) is 7.01.